The summed E-state index contributed by atoms with van der Waals surface area (Å²) in [4.78, 5) is 2.16. The molecule has 1 heterocycles. The van der Waals surface area contributed by atoms with Crippen LogP contribution in [0.5, 0.6) is 0 Å². The zero-order valence-corrected chi connectivity index (χ0v) is 16.5. The van der Waals surface area contributed by atoms with Crippen LogP contribution in [0.2, 0.25) is 0 Å². The molecule has 0 atom stereocenters. The Balaban J connectivity index is 1.63. The molecule has 0 saturated carbocycles. The largest absolute Gasteiger partial charge is 0.284 e. The van der Waals surface area contributed by atoms with Crippen molar-refractivity contribution < 1.29 is 16.8 Å². The molecule has 0 bridgehead atoms. The van der Waals surface area contributed by atoms with E-state index in [0.29, 0.717) is 32.7 Å². The molecular formula is C18H23N3O4S2. The molecular weight excluding hydrogens is 386 g/mol. The Morgan fingerprint density at radius 3 is 2.26 bits per heavy atom. The van der Waals surface area contributed by atoms with E-state index < -0.39 is 20.0 Å². The summed E-state index contributed by atoms with van der Waals surface area (Å²) in [5.74, 6) is 0.101. The van der Waals surface area contributed by atoms with Crippen molar-refractivity contribution in [3.05, 3.63) is 65.7 Å². The lowest BCUT2D eigenvalue weighted by Gasteiger charge is -2.35. The maximum absolute atomic E-state index is 12.4. The number of nitrogens with two attached hydrogens (primary N) is 1. The van der Waals surface area contributed by atoms with E-state index in [2.05, 4.69) is 4.90 Å². The Bertz CT molecular complexity index is 975. The summed E-state index contributed by atoms with van der Waals surface area (Å²) in [5, 5.41) is 5.09. The summed E-state index contributed by atoms with van der Waals surface area (Å²) < 4.78 is 48.9. The lowest BCUT2D eigenvalue weighted by molar-refractivity contribution is 0.178. The van der Waals surface area contributed by atoms with E-state index in [-0.39, 0.29) is 10.6 Å². The summed E-state index contributed by atoms with van der Waals surface area (Å²) in [7, 11) is -7.00. The van der Waals surface area contributed by atoms with Crippen LogP contribution in [-0.2, 0) is 33.0 Å². The molecule has 0 amide bonds. The minimum Gasteiger partial charge on any atom is -0.284 e. The van der Waals surface area contributed by atoms with Gasteiger partial charge in [0.1, 0.15) is 0 Å². The molecule has 0 radical (unpaired) electrons. The van der Waals surface area contributed by atoms with Crippen LogP contribution in [0.15, 0.2) is 59.5 Å². The zero-order valence-electron chi connectivity index (χ0n) is 14.9. The van der Waals surface area contributed by atoms with Crippen LogP contribution in [0, 0.1) is 0 Å². The second kappa shape index (κ2) is 8.07. The van der Waals surface area contributed by atoms with Gasteiger partial charge in [0, 0.05) is 19.6 Å². The van der Waals surface area contributed by atoms with Gasteiger partial charge in [-0.15, -0.1) is 0 Å². The number of sulfonamides is 2. The molecule has 2 N–H and O–H groups in total. The predicted molar refractivity (Wildman–Crippen MR) is 104 cm³/mol. The van der Waals surface area contributed by atoms with E-state index in [1.165, 1.54) is 16.4 Å². The zero-order chi connectivity index (χ0) is 19.5. The molecule has 27 heavy (non-hydrogen) atoms. The number of nitrogens with zero attached hydrogens (tertiary/aromatic N) is 2. The molecule has 1 aliphatic rings. The maximum atomic E-state index is 12.4. The first-order valence-electron chi connectivity index (χ1n) is 8.60. The minimum absolute atomic E-state index is 0.0471. The van der Waals surface area contributed by atoms with Gasteiger partial charge in [-0.3, -0.25) is 4.90 Å². The fourth-order valence-electron chi connectivity index (χ4n) is 3.04. The van der Waals surface area contributed by atoms with E-state index in [1.807, 2.05) is 30.3 Å². The van der Waals surface area contributed by atoms with Crippen LogP contribution in [0.3, 0.4) is 0 Å². The van der Waals surface area contributed by atoms with Crippen molar-refractivity contribution in [2.45, 2.75) is 17.9 Å². The molecule has 146 valence electrons. The van der Waals surface area contributed by atoms with Gasteiger partial charge in [0.05, 0.1) is 17.3 Å². The number of rotatable bonds is 6. The van der Waals surface area contributed by atoms with Crippen LogP contribution < -0.4 is 5.14 Å². The molecule has 1 aliphatic heterocycles. The predicted octanol–water partition coefficient (Wildman–Crippen LogP) is 0.982. The average Bonchev–Trinajstić information content (AvgIpc) is 2.62. The topological polar surface area (TPSA) is 101 Å². The van der Waals surface area contributed by atoms with Gasteiger partial charge in [0.15, 0.2) is 0 Å². The van der Waals surface area contributed by atoms with Crippen LogP contribution in [0.1, 0.15) is 11.1 Å². The number of primary sulfonamides is 1. The Hall–Kier alpha value is -1.78. The Labute approximate surface area is 160 Å². The lowest BCUT2D eigenvalue weighted by Crippen LogP contribution is -2.50. The number of benzene rings is 2. The van der Waals surface area contributed by atoms with Crippen molar-refractivity contribution in [3.63, 3.8) is 0 Å². The average molecular weight is 410 g/mol. The maximum Gasteiger partial charge on any atom is 0.238 e. The standard InChI is InChI=1S/C18H23N3O4S2/c19-27(24,25)18-8-6-16(7-9-18)10-11-21-15-20(12-13-26(21,22)23)14-17-4-2-1-3-5-17/h1-9H,10-15H2,(H2,19,24,25). The summed E-state index contributed by atoms with van der Waals surface area (Å²) in [6.45, 7) is 1.92. The lowest BCUT2D eigenvalue weighted by atomic mass is 10.1. The normalized spacial score (nSPS) is 18.4. The fourth-order valence-corrected chi connectivity index (χ4v) is 5.01. The molecule has 3 rings (SSSR count). The first-order chi connectivity index (χ1) is 12.7. The molecule has 1 fully saturated rings. The number of hydrogen-bond acceptors (Lipinski definition) is 5. The van der Waals surface area contributed by atoms with Crippen LogP contribution in [-0.4, -0.2) is 51.6 Å². The highest BCUT2D eigenvalue weighted by atomic mass is 32.2. The van der Waals surface area contributed by atoms with Crippen molar-refractivity contribution in [1.82, 2.24) is 9.21 Å². The molecule has 0 aliphatic carbocycles. The molecule has 2 aromatic rings. The van der Waals surface area contributed by atoms with Gasteiger partial charge >= 0.3 is 0 Å². The highest BCUT2D eigenvalue weighted by molar-refractivity contribution is 7.89. The van der Waals surface area contributed by atoms with Crippen molar-refractivity contribution >= 4 is 20.0 Å². The molecule has 7 nitrogen and oxygen atoms in total. The Kier molecular flexibility index (Phi) is 5.97. The van der Waals surface area contributed by atoms with Gasteiger partial charge in [-0.25, -0.2) is 22.0 Å². The Morgan fingerprint density at radius 1 is 0.963 bits per heavy atom. The Morgan fingerprint density at radius 2 is 1.63 bits per heavy atom. The van der Waals surface area contributed by atoms with Gasteiger partial charge in [-0.1, -0.05) is 42.5 Å². The summed E-state index contributed by atoms with van der Waals surface area (Å²) in [6, 6.07) is 16.2. The van der Waals surface area contributed by atoms with Gasteiger partial charge in [0.2, 0.25) is 20.0 Å². The molecule has 9 heteroatoms. The first-order valence-corrected chi connectivity index (χ1v) is 11.8. The summed E-state index contributed by atoms with van der Waals surface area (Å²) in [6.07, 6.45) is 0.503. The summed E-state index contributed by atoms with van der Waals surface area (Å²) >= 11 is 0. The minimum atomic E-state index is -3.72. The van der Waals surface area contributed by atoms with Gasteiger partial charge in [-0.2, -0.15) is 4.31 Å². The van der Waals surface area contributed by atoms with E-state index in [1.54, 1.807) is 12.1 Å². The highest BCUT2D eigenvalue weighted by Crippen LogP contribution is 2.16. The van der Waals surface area contributed by atoms with Crippen LogP contribution in [0.4, 0.5) is 0 Å². The van der Waals surface area contributed by atoms with Gasteiger partial charge in [-0.05, 0) is 29.7 Å². The van der Waals surface area contributed by atoms with E-state index in [0.717, 1.165) is 11.1 Å². The number of hydrogen-bond donors (Lipinski definition) is 1. The summed E-state index contributed by atoms with van der Waals surface area (Å²) in [5.41, 5.74) is 2.01. The second-order valence-electron chi connectivity index (χ2n) is 6.61. The van der Waals surface area contributed by atoms with Gasteiger partial charge < -0.3 is 0 Å². The van der Waals surface area contributed by atoms with E-state index in [4.69, 9.17) is 5.14 Å². The third-order valence-electron chi connectivity index (χ3n) is 4.57. The van der Waals surface area contributed by atoms with Crippen molar-refractivity contribution in [1.29, 1.82) is 0 Å². The van der Waals surface area contributed by atoms with Crippen molar-refractivity contribution in [2.24, 2.45) is 5.14 Å². The molecule has 2 aromatic carbocycles. The van der Waals surface area contributed by atoms with Crippen molar-refractivity contribution in [2.75, 3.05) is 25.5 Å². The van der Waals surface area contributed by atoms with E-state index in [9.17, 15) is 16.8 Å². The molecule has 1 saturated heterocycles. The van der Waals surface area contributed by atoms with Crippen LogP contribution in [0.25, 0.3) is 0 Å². The molecule has 0 spiro atoms. The van der Waals surface area contributed by atoms with Gasteiger partial charge in [0.25, 0.3) is 0 Å². The third-order valence-corrected chi connectivity index (χ3v) is 7.28. The van der Waals surface area contributed by atoms with E-state index >= 15 is 0 Å². The molecule has 0 unspecified atom stereocenters. The second-order valence-corrected chi connectivity index (χ2v) is 10.3. The molecule has 0 aromatic heterocycles. The monoisotopic (exact) mass is 409 g/mol. The van der Waals surface area contributed by atoms with Crippen molar-refractivity contribution in [3.8, 4) is 0 Å². The first kappa shape index (κ1) is 20.0. The quantitative estimate of drug-likeness (QED) is 0.767. The highest BCUT2D eigenvalue weighted by Gasteiger charge is 2.29. The fraction of sp³-hybridized carbons (Fsp3) is 0.333. The smallest absolute Gasteiger partial charge is 0.238 e. The van der Waals surface area contributed by atoms with Crippen LogP contribution >= 0.6 is 0 Å². The third kappa shape index (κ3) is 5.36. The SMILES string of the molecule is NS(=O)(=O)c1ccc(CCN2CN(Cc3ccccc3)CCS2(=O)=O)cc1.